The lowest BCUT2D eigenvalue weighted by Crippen LogP contribution is -2.24. The number of anilines is 2. The summed E-state index contributed by atoms with van der Waals surface area (Å²) in [5.41, 5.74) is 1.54. The van der Waals surface area contributed by atoms with Gasteiger partial charge in [-0.25, -0.2) is 4.98 Å². The first-order valence-corrected chi connectivity index (χ1v) is 7.63. The molecule has 0 bridgehead atoms. The molecule has 0 radical (unpaired) electrons. The van der Waals surface area contributed by atoms with E-state index in [2.05, 4.69) is 37.5 Å². The number of ether oxygens (including phenoxy) is 1. The monoisotopic (exact) mass is 290 g/mol. The number of imidazole rings is 1. The molecule has 1 saturated heterocycles. The fourth-order valence-corrected chi connectivity index (χ4v) is 2.49. The molecule has 0 amide bonds. The molecule has 1 aliphatic heterocycles. The van der Waals surface area contributed by atoms with Crippen molar-refractivity contribution in [2.24, 2.45) is 5.92 Å². The van der Waals surface area contributed by atoms with Gasteiger partial charge in [0.1, 0.15) is 5.52 Å². The molecule has 3 rings (SSSR count). The zero-order valence-electron chi connectivity index (χ0n) is 12.4. The van der Waals surface area contributed by atoms with Crippen LogP contribution in [0.4, 0.5) is 11.8 Å². The van der Waals surface area contributed by atoms with Gasteiger partial charge in [0.25, 0.3) is 0 Å². The van der Waals surface area contributed by atoms with E-state index < -0.39 is 0 Å². The minimum Gasteiger partial charge on any atom is -0.381 e. The van der Waals surface area contributed by atoms with E-state index in [1.165, 1.54) is 6.42 Å². The van der Waals surface area contributed by atoms with Gasteiger partial charge in [0.05, 0.1) is 12.9 Å². The number of fused-ring (bicyclic) bond motifs is 1. The van der Waals surface area contributed by atoms with Crippen molar-refractivity contribution < 1.29 is 4.74 Å². The Labute approximate surface area is 123 Å². The SMILES string of the molecule is CCCNc1nc(NCC2CCCOC2)c2[nH]cnc2n1. The lowest BCUT2D eigenvalue weighted by molar-refractivity contribution is 0.0595. The molecule has 0 aliphatic carbocycles. The molecular formula is C14H22N6O. The molecule has 0 aromatic carbocycles. The van der Waals surface area contributed by atoms with Gasteiger partial charge in [0.15, 0.2) is 11.5 Å². The van der Waals surface area contributed by atoms with Crippen molar-refractivity contribution >= 4 is 22.9 Å². The van der Waals surface area contributed by atoms with Gasteiger partial charge in [-0.3, -0.25) is 0 Å². The second-order valence-corrected chi connectivity index (χ2v) is 5.39. The highest BCUT2D eigenvalue weighted by Gasteiger charge is 2.15. The summed E-state index contributed by atoms with van der Waals surface area (Å²) in [7, 11) is 0. The van der Waals surface area contributed by atoms with Gasteiger partial charge in [0, 0.05) is 19.7 Å². The van der Waals surface area contributed by atoms with Crippen LogP contribution in [0.15, 0.2) is 6.33 Å². The molecule has 1 fully saturated rings. The highest BCUT2D eigenvalue weighted by Crippen LogP contribution is 2.20. The van der Waals surface area contributed by atoms with Crippen molar-refractivity contribution in [1.29, 1.82) is 0 Å². The maximum atomic E-state index is 5.51. The lowest BCUT2D eigenvalue weighted by Gasteiger charge is -2.22. The van der Waals surface area contributed by atoms with Gasteiger partial charge < -0.3 is 20.4 Å². The molecule has 7 heteroatoms. The zero-order chi connectivity index (χ0) is 14.5. The zero-order valence-corrected chi connectivity index (χ0v) is 12.4. The fraction of sp³-hybridized carbons (Fsp3) is 0.643. The fourth-order valence-electron chi connectivity index (χ4n) is 2.49. The summed E-state index contributed by atoms with van der Waals surface area (Å²) in [6, 6.07) is 0. The number of H-pyrrole nitrogens is 1. The lowest BCUT2D eigenvalue weighted by atomic mass is 10.0. The average Bonchev–Trinajstić information content (AvgIpc) is 3.00. The van der Waals surface area contributed by atoms with Crippen LogP contribution in [-0.4, -0.2) is 46.2 Å². The normalized spacial score (nSPS) is 18.8. The highest BCUT2D eigenvalue weighted by atomic mass is 16.5. The van der Waals surface area contributed by atoms with Crippen molar-refractivity contribution in [2.45, 2.75) is 26.2 Å². The van der Waals surface area contributed by atoms with Gasteiger partial charge in [-0.15, -0.1) is 0 Å². The summed E-state index contributed by atoms with van der Waals surface area (Å²) in [5, 5.41) is 6.63. The van der Waals surface area contributed by atoms with Crippen molar-refractivity contribution in [3.05, 3.63) is 6.33 Å². The Kier molecular flexibility index (Phi) is 4.49. The summed E-state index contributed by atoms with van der Waals surface area (Å²) in [4.78, 5) is 16.3. The summed E-state index contributed by atoms with van der Waals surface area (Å²) in [6.07, 6.45) is 5.02. The van der Waals surface area contributed by atoms with Crippen molar-refractivity contribution in [3.8, 4) is 0 Å². The van der Waals surface area contributed by atoms with E-state index in [1.807, 2.05) is 0 Å². The number of hydrogen-bond donors (Lipinski definition) is 3. The molecule has 1 aliphatic rings. The molecule has 114 valence electrons. The first-order valence-electron chi connectivity index (χ1n) is 7.63. The molecule has 0 saturated carbocycles. The first kappa shape index (κ1) is 14.1. The predicted molar refractivity (Wildman–Crippen MR) is 82.5 cm³/mol. The van der Waals surface area contributed by atoms with Crippen LogP contribution in [0.3, 0.4) is 0 Å². The van der Waals surface area contributed by atoms with Gasteiger partial charge in [-0.1, -0.05) is 6.92 Å². The summed E-state index contributed by atoms with van der Waals surface area (Å²) in [5.74, 6) is 1.97. The third-order valence-corrected chi connectivity index (χ3v) is 3.63. The maximum absolute atomic E-state index is 5.51. The van der Waals surface area contributed by atoms with Crippen LogP contribution in [0.5, 0.6) is 0 Å². The molecule has 1 unspecified atom stereocenters. The van der Waals surface area contributed by atoms with Gasteiger partial charge in [-0.2, -0.15) is 9.97 Å². The van der Waals surface area contributed by atoms with Gasteiger partial charge in [-0.05, 0) is 25.2 Å². The Morgan fingerprint density at radius 1 is 1.38 bits per heavy atom. The molecule has 2 aromatic heterocycles. The smallest absolute Gasteiger partial charge is 0.226 e. The minimum absolute atomic E-state index is 0.540. The summed E-state index contributed by atoms with van der Waals surface area (Å²) < 4.78 is 5.51. The quantitative estimate of drug-likeness (QED) is 0.754. The second kappa shape index (κ2) is 6.71. The number of rotatable bonds is 6. The van der Waals surface area contributed by atoms with E-state index in [4.69, 9.17) is 4.74 Å². The van der Waals surface area contributed by atoms with Crippen LogP contribution in [-0.2, 0) is 4.74 Å². The van der Waals surface area contributed by atoms with E-state index >= 15 is 0 Å². The van der Waals surface area contributed by atoms with Gasteiger partial charge in [0.2, 0.25) is 5.95 Å². The second-order valence-electron chi connectivity index (χ2n) is 5.39. The molecule has 7 nitrogen and oxygen atoms in total. The molecule has 3 N–H and O–H groups in total. The van der Waals surface area contributed by atoms with E-state index in [9.17, 15) is 0 Å². The van der Waals surface area contributed by atoms with Crippen LogP contribution in [0.2, 0.25) is 0 Å². The van der Waals surface area contributed by atoms with E-state index in [0.717, 1.165) is 50.5 Å². The number of hydrogen-bond acceptors (Lipinski definition) is 6. The van der Waals surface area contributed by atoms with Crippen LogP contribution in [0, 0.1) is 5.92 Å². The molecule has 2 aromatic rings. The van der Waals surface area contributed by atoms with Crippen molar-refractivity contribution in [3.63, 3.8) is 0 Å². The molecule has 1 atom stereocenters. The number of aromatic amines is 1. The number of aromatic nitrogens is 4. The molecule has 3 heterocycles. The van der Waals surface area contributed by atoms with E-state index in [-0.39, 0.29) is 0 Å². The average molecular weight is 290 g/mol. The van der Waals surface area contributed by atoms with Crippen LogP contribution < -0.4 is 10.6 Å². The summed E-state index contributed by atoms with van der Waals surface area (Å²) in [6.45, 7) is 5.54. The number of nitrogens with zero attached hydrogens (tertiary/aromatic N) is 3. The Hall–Kier alpha value is -1.89. The highest BCUT2D eigenvalue weighted by molar-refractivity contribution is 5.83. The van der Waals surface area contributed by atoms with Gasteiger partial charge >= 0.3 is 0 Å². The largest absolute Gasteiger partial charge is 0.381 e. The third kappa shape index (κ3) is 3.41. The van der Waals surface area contributed by atoms with Crippen LogP contribution in [0.1, 0.15) is 26.2 Å². The Bertz CT molecular complexity index is 578. The van der Waals surface area contributed by atoms with E-state index in [1.54, 1.807) is 6.33 Å². The molecular weight excluding hydrogens is 268 g/mol. The molecule has 21 heavy (non-hydrogen) atoms. The third-order valence-electron chi connectivity index (χ3n) is 3.63. The summed E-state index contributed by atoms with van der Waals surface area (Å²) >= 11 is 0. The van der Waals surface area contributed by atoms with Crippen LogP contribution in [0.25, 0.3) is 11.2 Å². The predicted octanol–water partition coefficient (Wildman–Crippen LogP) is 2.01. The Morgan fingerprint density at radius 2 is 2.33 bits per heavy atom. The van der Waals surface area contributed by atoms with Crippen LogP contribution >= 0.6 is 0 Å². The standard InChI is InChI=1S/C14H22N6O/c1-2-5-15-14-19-12(11-13(20-14)18-9-17-11)16-7-10-4-3-6-21-8-10/h9-10H,2-8H2,1H3,(H3,15,16,17,18,19,20). The molecule has 0 spiro atoms. The minimum atomic E-state index is 0.540. The van der Waals surface area contributed by atoms with Crippen molar-refractivity contribution in [2.75, 3.05) is 36.9 Å². The first-order chi connectivity index (χ1) is 10.4. The Morgan fingerprint density at radius 3 is 3.14 bits per heavy atom. The van der Waals surface area contributed by atoms with E-state index in [0.29, 0.717) is 17.5 Å². The maximum Gasteiger partial charge on any atom is 0.226 e. The number of nitrogens with one attached hydrogen (secondary N) is 3. The van der Waals surface area contributed by atoms with Crippen molar-refractivity contribution in [1.82, 2.24) is 19.9 Å². The Balaban J connectivity index is 1.73. The topological polar surface area (TPSA) is 87.8 Å².